The van der Waals surface area contributed by atoms with Crippen LogP contribution in [0.2, 0.25) is 0 Å². The molecule has 0 aliphatic carbocycles. The van der Waals surface area contributed by atoms with Gasteiger partial charge in [0, 0.05) is 18.7 Å². The number of rotatable bonds is 4. The van der Waals surface area contributed by atoms with Crippen molar-refractivity contribution in [2.24, 2.45) is 0 Å². The van der Waals surface area contributed by atoms with Crippen LogP contribution in [0, 0.1) is 13.8 Å². The molecule has 0 unspecified atom stereocenters. The molecule has 0 saturated heterocycles. The Labute approximate surface area is 119 Å². The number of methoxy groups -OCH3 is 2. The van der Waals surface area contributed by atoms with Gasteiger partial charge < -0.3 is 14.8 Å². The van der Waals surface area contributed by atoms with E-state index in [2.05, 4.69) is 15.3 Å². The Bertz CT molecular complexity index is 627. The first-order valence-corrected chi connectivity index (χ1v) is 6.36. The van der Waals surface area contributed by atoms with Crippen LogP contribution in [0.3, 0.4) is 0 Å². The summed E-state index contributed by atoms with van der Waals surface area (Å²) in [5, 5.41) is 3.08. The van der Waals surface area contributed by atoms with Crippen LogP contribution in [0.5, 0.6) is 11.5 Å². The zero-order chi connectivity index (χ0) is 14.7. The molecule has 0 saturated carbocycles. The molecule has 0 bridgehead atoms. The Morgan fingerprint density at radius 3 is 2.30 bits per heavy atom. The summed E-state index contributed by atoms with van der Waals surface area (Å²) in [6, 6.07) is 5.65. The van der Waals surface area contributed by atoms with Crippen molar-refractivity contribution >= 4 is 5.82 Å². The molecular formula is C15H19N3O2. The molecule has 0 fully saturated rings. The Hall–Kier alpha value is -2.30. The highest BCUT2D eigenvalue weighted by molar-refractivity contribution is 5.77. The van der Waals surface area contributed by atoms with Gasteiger partial charge in [-0.1, -0.05) is 0 Å². The molecule has 2 aromatic rings. The van der Waals surface area contributed by atoms with E-state index in [9.17, 15) is 0 Å². The minimum absolute atomic E-state index is 0.707. The second-order valence-corrected chi connectivity index (χ2v) is 4.41. The van der Waals surface area contributed by atoms with Crippen LogP contribution in [0.1, 0.15) is 11.4 Å². The maximum absolute atomic E-state index is 5.44. The third kappa shape index (κ3) is 2.52. The summed E-state index contributed by atoms with van der Waals surface area (Å²) in [6.07, 6.45) is 0. The topological polar surface area (TPSA) is 56.3 Å². The average Bonchev–Trinajstić information content (AvgIpc) is 2.48. The summed E-state index contributed by atoms with van der Waals surface area (Å²) in [7, 11) is 5.09. The van der Waals surface area contributed by atoms with Crippen molar-refractivity contribution in [2.45, 2.75) is 13.8 Å². The van der Waals surface area contributed by atoms with E-state index in [0.29, 0.717) is 5.75 Å². The van der Waals surface area contributed by atoms with E-state index in [4.69, 9.17) is 9.47 Å². The first-order chi connectivity index (χ1) is 9.60. The maximum atomic E-state index is 5.44. The number of benzene rings is 1. The molecule has 1 aromatic carbocycles. The lowest BCUT2D eigenvalue weighted by Crippen LogP contribution is -2.03. The third-order valence-corrected chi connectivity index (χ3v) is 3.21. The van der Waals surface area contributed by atoms with Gasteiger partial charge in [-0.3, -0.25) is 0 Å². The van der Waals surface area contributed by atoms with Crippen molar-refractivity contribution in [3.63, 3.8) is 0 Å². The van der Waals surface area contributed by atoms with E-state index in [1.165, 1.54) is 0 Å². The summed E-state index contributed by atoms with van der Waals surface area (Å²) in [5.41, 5.74) is 3.46. The van der Waals surface area contributed by atoms with Crippen LogP contribution in [0.4, 0.5) is 5.82 Å². The largest absolute Gasteiger partial charge is 0.497 e. The predicted molar refractivity (Wildman–Crippen MR) is 79.6 cm³/mol. The molecule has 2 rings (SSSR count). The average molecular weight is 273 g/mol. The maximum Gasteiger partial charge on any atom is 0.152 e. The molecule has 5 nitrogen and oxygen atoms in total. The van der Waals surface area contributed by atoms with Crippen molar-refractivity contribution in [3.05, 3.63) is 29.6 Å². The van der Waals surface area contributed by atoms with Gasteiger partial charge in [0.25, 0.3) is 0 Å². The molecular weight excluding hydrogens is 254 g/mol. The van der Waals surface area contributed by atoms with Gasteiger partial charge in [-0.2, -0.15) is 0 Å². The zero-order valence-electron chi connectivity index (χ0n) is 12.4. The minimum atomic E-state index is 0.707. The second kappa shape index (κ2) is 5.77. The lowest BCUT2D eigenvalue weighted by Gasteiger charge is -2.14. The highest BCUT2D eigenvalue weighted by Crippen LogP contribution is 2.35. The number of nitrogens with zero attached hydrogens (tertiary/aromatic N) is 2. The van der Waals surface area contributed by atoms with Crippen LogP contribution < -0.4 is 14.8 Å². The van der Waals surface area contributed by atoms with Gasteiger partial charge in [-0.25, -0.2) is 9.97 Å². The Kier molecular flexibility index (Phi) is 4.08. The number of ether oxygens (including phenoxy) is 2. The molecule has 0 aliphatic heterocycles. The smallest absolute Gasteiger partial charge is 0.152 e. The van der Waals surface area contributed by atoms with Crippen molar-refractivity contribution < 1.29 is 9.47 Å². The van der Waals surface area contributed by atoms with Gasteiger partial charge in [0.1, 0.15) is 17.2 Å². The summed E-state index contributed by atoms with van der Waals surface area (Å²) < 4.78 is 10.7. The molecule has 1 aromatic heterocycles. The van der Waals surface area contributed by atoms with Crippen LogP contribution in [-0.2, 0) is 0 Å². The summed E-state index contributed by atoms with van der Waals surface area (Å²) in [5.74, 6) is 2.18. The van der Waals surface area contributed by atoms with Crippen molar-refractivity contribution in [2.75, 3.05) is 26.6 Å². The molecule has 0 radical (unpaired) electrons. The highest BCUT2D eigenvalue weighted by atomic mass is 16.5. The van der Waals surface area contributed by atoms with Crippen LogP contribution in [0.25, 0.3) is 11.3 Å². The van der Waals surface area contributed by atoms with Crippen LogP contribution in [-0.4, -0.2) is 31.2 Å². The van der Waals surface area contributed by atoms with E-state index < -0.39 is 0 Å². The van der Waals surface area contributed by atoms with E-state index in [1.807, 2.05) is 39.1 Å². The van der Waals surface area contributed by atoms with Crippen molar-refractivity contribution in [1.29, 1.82) is 0 Å². The van der Waals surface area contributed by atoms with E-state index >= 15 is 0 Å². The number of anilines is 1. The number of hydrogen-bond donors (Lipinski definition) is 1. The second-order valence-electron chi connectivity index (χ2n) is 4.41. The fourth-order valence-corrected chi connectivity index (χ4v) is 1.96. The summed E-state index contributed by atoms with van der Waals surface area (Å²) >= 11 is 0. The number of nitrogens with one attached hydrogen (secondary N) is 1. The summed E-state index contributed by atoms with van der Waals surface area (Å²) in [6.45, 7) is 3.89. The molecule has 106 valence electrons. The normalized spacial score (nSPS) is 10.2. The Balaban J connectivity index is 2.64. The molecule has 0 amide bonds. The SMILES string of the molecule is CNc1nc(C)c(C)nc1-c1ccc(OC)cc1OC. The number of aromatic nitrogens is 2. The minimum Gasteiger partial charge on any atom is -0.497 e. The zero-order valence-corrected chi connectivity index (χ0v) is 12.4. The van der Waals surface area contributed by atoms with E-state index in [-0.39, 0.29) is 0 Å². The first kappa shape index (κ1) is 14.1. The van der Waals surface area contributed by atoms with Crippen molar-refractivity contribution in [3.8, 4) is 22.8 Å². The molecule has 20 heavy (non-hydrogen) atoms. The lowest BCUT2D eigenvalue weighted by molar-refractivity contribution is 0.395. The van der Waals surface area contributed by atoms with Gasteiger partial charge in [0.2, 0.25) is 0 Å². The highest BCUT2D eigenvalue weighted by Gasteiger charge is 2.15. The van der Waals surface area contributed by atoms with Gasteiger partial charge in [0.05, 0.1) is 25.6 Å². The lowest BCUT2D eigenvalue weighted by atomic mass is 10.1. The number of hydrogen-bond acceptors (Lipinski definition) is 5. The van der Waals surface area contributed by atoms with Crippen LogP contribution >= 0.6 is 0 Å². The van der Waals surface area contributed by atoms with Gasteiger partial charge in [-0.15, -0.1) is 0 Å². The summed E-state index contributed by atoms with van der Waals surface area (Å²) in [4.78, 5) is 9.16. The quantitative estimate of drug-likeness (QED) is 0.928. The predicted octanol–water partition coefficient (Wildman–Crippen LogP) is 2.82. The van der Waals surface area contributed by atoms with Gasteiger partial charge in [-0.05, 0) is 26.0 Å². The first-order valence-electron chi connectivity index (χ1n) is 6.36. The molecule has 5 heteroatoms. The number of aryl methyl sites for hydroxylation is 2. The standard InChI is InChI=1S/C15H19N3O2/c1-9-10(2)18-15(16-3)14(17-9)12-7-6-11(19-4)8-13(12)20-5/h6-8H,1-5H3,(H,16,18). The Morgan fingerprint density at radius 2 is 1.70 bits per heavy atom. The van der Waals surface area contributed by atoms with E-state index in [0.717, 1.165) is 34.2 Å². The Morgan fingerprint density at radius 1 is 1.00 bits per heavy atom. The molecule has 1 heterocycles. The molecule has 0 atom stereocenters. The third-order valence-electron chi connectivity index (χ3n) is 3.21. The molecule has 0 spiro atoms. The fourth-order valence-electron chi connectivity index (χ4n) is 1.96. The van der Waals surface area contributed by atoms with Gasteiger partial charge in [0.15, 0.2) is 5.82 Å². The fraction of sp³-hybridized carbons (Fsp3) is 0.333. The monoisotopic (exact) mass is 273 g/mol. The molecule has 0 aliphatic rings. The molecule has 1 N–H and O–H groups in total. The van der Waals surface area contributed by atoms with Crippen molar-refractivity contribution in [1.82, 2.24) is 9.97 Å². The van der Waals surface area contributed by atoms with Crippen LogP contribution in [0.15, 0.2) is 18.2 Å². The van der Waals surface area contributed by atoms with Gasteiger partial charge >= 0.3 is 0 Å². The van der Waals surface area contributed by atoms with E-state index in [1.54, 1.807) is 14.2 Å².